The molecule has 36 heavy (non-hydrogen) atoms. The van der Waals surface area contributed by atoms with Gasteiger partial charge in [0.15, 0.2) is 29.0 Å². The molecule has 1 saturated heterocycles. The molecular weight excluding hydrogens is 472 g/mol. The number of carbonyl (C=O) groups excluding carboxylic acids is 1. The van der Waals surface area contributed by atoms with E-state index in [1.807, 2.05) is 0 Å². The van der Waals surface area contributed by atoms with E-state index in [-0.39, 0.29) is 35.2 Å². The molecule has 1 fully saturated rings. The molecule has 2 aromatic heterocycles. The molecule has 0 spiro atoms. The number of benzene rings is 1. The fourth-order valence-corrected chi connectivity index (χ4v) is 4.47. The van der Waals surface area contributed by atoms with Crippen molar-refractivity contribution >= 4 is 17.2 Å². The monoisotopic (exact) mass is 497 g/mol. The van der Waals surface area contributed by atoms with Gasteiger partial charge in [0, 0.05) is 31.3 Å². The van der Waals surface area contributed by atoms with Gasteiger partial charge < -0.3 is 24.8 Å². The normalized spacial score (nSPS) is 17.1. The van der Waals surface area contributed by atoms with Gasteiger partial charge in [-0.2, -0.15) is 5.10 Å². The number of nitrogens with two attached hydrogens (primary N) is 1. The summed E-state index contributed by atoms with van der Waals surface area (Å²) in [6.45, 7) is 4.34. The number of halogens is 2. The number of amides is 1. The van der Waals surface area contributed by atoms with E-state index in [0.717, 1.165) is 11.8 Å². The lowest BCUT2D eigenvalue weighted by molar-refractivity contribution is -0.127. The van der Waals surface area contributed by atoms with Crippen molar-refractivity contribution in [3.8, 4) is 23.3 Å². The Morgan fingerprint density at radius 2 is 1.92 bits per heavy atom. The number of likely N-dealkylation sites (tertiary alicyclic amines) is 1. The van der Waals surface area contributed by atoms with Crippen LogP contribution < -0.4 is 15.2 Å². The van der Waals surface area contributed by atoms with Crippen LogP contribution in [0.4, 0.5) is 14.6 Å². The number of hydrogen-bond donors (Lipinski definition) is 1. The van der Waals surface area contributed by atoms with Crippen molar-refractivity contribution in [2.24, 2.45) is 0 Å². The van der Waals surface area contributed by atoms with E-state index in [0.29, 0.717) is 30.7 Å². The van der Waals surface area contributed by atoms with Gasteiger partial charge in [-0.05, 0) is 18.6 Å². The molecule has 188 valence electrons. The number of ether oxygens (including phenoxy) is 3. The first-order valence-corrected chi connectivity index (χ1v) is 11.0. The van der Waals surface area contributed by atoms with Crippen LogP contribution in [0, 0.1) is 23.5 Å². The summed E-state index contributed by atoms with van der Waals surface area (Å²) in [6.07, 6.45) is 3.18. The van der Waals surface area contributed by atoms with Gasteiger partial charge in [0.05, 0.1) is 32.4 Å². The average molecular weight is 498 g/mol. The molecule has 1 unspecified atom stereocenters. The molecule has 1 aliphatic heterocycles. The molecule has 3 heterocycles. The Bertz CT molecular complexity index is 1370. The summed E-state index contributed by atoms with van der Waals surface area (Å²) < 4.78 is 46.5. The molecule has 2 atom stereocenters. The Hall–Kier alpha value is -4.17. The Morgan fingerprint density at radius 3 is 2.53 bits per heavy atom. The second-order valence-electron chi connectivity index (χ2n) is 8.16. The number of carbonyl (C=O) groups is 1. The first-order chi connectivity index (χ1) is 17.3. The molecule has 0 radical (unpaired) electrons. The molecule has 9 nitrogen and oxygen atoms in total. The van der Waals surface area contributed by atoms with Crippen LogP contribution in [0.5, 0.6) is 11.5 Å². The van der Waals surface area contributed by atoms with Crippen LogP contribution in [0.25, 0.3) is 5.52 Å². The first-order valence-electron chi connectivity index (χ1n) is 11.0. The molecular formula is C25H25F2N5O4. The fraction of sp³-hybridized carbons (Fsp3) is 0.320. The smallest absolute Gasteiger partial charge is 0.246 e. The maximum Gasteiger partial charge on any atom is 0.246 e. The van der Waals surface area contributed by atoms with Crippen LogP contribution in [-0.2, 0) is 9.53 Å². The highest BCUT2D eigenvalue weighted by molar-refractivity contribution is 5.87. The lowest BCUT2D eigenvalue weighted by atomic mass is 10.0. The molecule has 0 bridgehead atoms. The van der Waals surface area contributed by atoms with Crippen molar-refractivity contribution in [2.45, 2.75) is 18.4 Å². The van der Waals surface area contributed by atoms with Gasteiger partial charge in [-0.15, -0.1) is 0 Å². The number of aromatic nitrogens is 3. The quantitative estimate of drug-likeness (QED) is 0.412. The third-order valence-electron chi connectivity index (χ3n) is 6.16. The van der Waals surface area contributed by atoms with Crippen molar-refractivity contribution < 1.29 is 27.8 Å². The van der Waals surface area contributed by atoms with Gasteiger partial charge in [-0.25, -0.2) is 18.3 Å². The highest BCUT2D eigenvalue weighted by Crippen LogP contribution is 2.35. The molecule has 2 N–H and O–H groups in total. The summed E-state index contributed by atoms with van der Waals surface area (Å²) >= 11 is 0. The molecule has 0 aliphatic carbocycles. The molecule has 1 aromatic carbocycles. The summed E-state index contributed by atoms with van der Waals surface area (Å²) in [5.41, 5.74) is 7.13. The minimum Gasteiger partial charge on any atom is -0.493 e. The Balaban J connectivity index is 1.82. The first kappa shape index (κ1) is 24.9. The molecule has 3 aromatic rings. The standard InChI is InChI=1S/C25H25F2N5O4/c1-5-21(33)31-11-15(8-16(31)12-34-2)18-9-14(24-25(28)29-13-30-32(18)24)6-7-17-22(26)19(35-3)10-20(36-4)23(17)27/h5,9-10,13,15-16H,1,8,11-12H2,2-4H3,(H2,28,29,30)/t15?,16-/m1/s1. The van der Waals surface area contributed by atoms with Gasteiger partial charge in [-0.1, -0.05) is 18.4 Å². The summed E-state index contributed by atoms with van der Waals surface area (Å²) in [5.74, 6) is 2.87. The van der Waals surface area contributed by atoms with Crippen molar-refractivity contribution in [3.63, 3.8) is 0 Å². The third kappa shape index (κ3) is 4.31. The maximum absolute atomic E-state index is 14.8. The second kappa shape index (κ2) is 10.2. The Kier molecular flexibility index (Phi) is 7.07. The number of nitrogen functional groups attached to an aromatic ring is 1. The predicted octanol–water partition coefficient (Wildman–Crippen LogP) is 2.52. The third-order valence-corrected chi connectivity index (χ3v) is 6.16. The van der Waals surface area contributed by atoms with E-state index in [1.165, 1.54) is 26.6 Å². The van der Waals surface area contributed by atoms with Gasteiger partial charge in [-0.3, -0.25) is 4.79 Å². The minimum atomic E-state index is -0.951. The van der Waals surface area contributed by atoms with E-state index in [4.69, 9.17) is 19.9 Å². The van der Waals surface area contributed by atoms with E-state index >= 15 is 0 Å². The Labute approximate surface area is 206 Å². The zero-order valence-corrected chi connectivity index (χ0v) is 20.0. The zero-order valence-electron chi connectivity index (χ0n) is 20.0. The summed E-state index contributed by atoms with van der Waals surface area (Å²) in [5, 5.41) is 4.33. The van der Waals surface area contributed by atoms with Gasteiger partial charge >= 0.3 is 0 Å². The van der Waals surface area contributed by atoms with E-state index in [2.05, 4.69) is 28.5 Å². The van der Waals surface area contributed by atoms with Gasteiger partial charge in [0.25, 0.3) is 0 Å². The van der Waals surface area contributed by atoms with Crippen LogP contribution in [0.2, 0.25) is 0 Å². The molecule has 1 aliphatic rings. The maximum atomic E-state index is 14.8. The molecule has 4 rings (SSSR count). The topological polar surface area (TPSA) is 104 Å². The number of fused-ring (bicyclic) bond motifs is 1. The highest BCUT2D eigenvalue weighted by atomic mass is 19.1. The molecule has 1 amide bonds. The van der Waals surface area contributed by atoms with Crippen molar-refractivity contribution in [2.75, 3.05) is 40.2 Å². The summed E-state index contributed by atoms with van der Waals surface area (Å²) in [4.78, 5) is 18.2. The number of hydrogen-bond acceptors (Lipinski definition) is 7. The second-order valence-corrected chi connectivity index (χ2v) is 8.16. The van der Waals surface area contributed by atoms with Crippen LogP contribution in [0.3, 0.4) is 0 Å². The lowest BCUT2D eigenvalue weighted by Gasteiger charge is -2.22. The number of methoxy groups -OCH3 is 3. The van der Waals surface area contributed by atoms with Crippen molar-refractivity contribution in [3.05, 3.63) is 59.6 Å². The van der Waals surface area contributed by atoms with Crippen LogP contribution >= 0.6 is 0 Å². The largest absolute Gasteiger partial charge is 0.493 e. The fourth-order valence-electron chi connectivity index (χ4n) is 4.47. The average Bonchev–Trinajstić information content (AvgIpc) is 3.46. The molecule has 0 saturated carbocycles. The van der Waals surface area contributed by atoms with Gasteiger partial charge in [0.2, 0.25) is 5.91 Å². The van der Waals surface area contributed by atoms with E-state index in [9.17, 15) is 13.6 Å². The highest BCUT2D eigenvalue weighted by Gasteiger charge is 2.37. The van der Waals surface area contributed by atoms with Crippen molar-refractivity contribution in [1.82, 2.24) is 19.5 Å². The predicted molar refractivity (Wildman–Crippen MR) is 128 cm³/mol. The van der Waals surface area contributed by atoms with Gasteiger partial charge in [0.1, 0.15) is 17.4 Å². The minimum absolute atomic E-state index is 0.128. The van der Waals surface area contributed by atoms with Crippen LogP contribution in [-0.4, -0.2) is 65.9 Å². The van der Waals surface area contributed by atoms with Crippen LogP contribution in [0.1, 0.15) is 29.2 Å². The SMILES string of the molecule is C=CC(=O)N1CC(c2cc(C#Cc3c(F)c(OC)cc(OC)c3F)c3c(N)ncnn23)C[C@@H]1COC. The van der Waals surface area contributed by atoms with Crippen LogP contribution in [0.15, 0.2) is 31.1 Å². The summed E-state index contributed by atoms with van der Waals surface area (Å²) in [6, 6.07) is 2.70. The number of rotatable bonds is 6. The zero-order chi connectivity index (χ0) is 26.0. The number of nitrogens with zero attached hydrogens (tertiary/aromatic N) is 4. The number of anilines is 1. The molecule has 11 heteroatoms. The van der Waals surface area contributed by atoms with E-state index in [1.54, 1.807) is 22.6 Å². The summed E-state index contributed by atoms with van der Waals surface area (Å²) in [7, 11) is 4.10. The lowest BCUT2D eigenvalue weighted by Crippen LogP contribution is -2.37. The van der Waals surface area contributed by atoms with Crippen molar-refractivity contribution in [1.29, 1.82) is 0 Å². The Morgan fingerprint density at radius 1 is 1.22 bits per heavy atom. The van der Waals surface area contributed by atoms with E-state index < -0.39 is 17.2 Å².